The van der Waals surface area contributed by atoms with Crippen LogP contribution in [0.3, 0.4) is 0 Å². The minimum Gasteiger partial charge on any atom is -0.351 e. The number of hydrogen-bond donors (Lipinski definition) is 1. The highest BCUT2D eigenvalue weighted by atomic mass is 16.2. The van der Waals surface area contributed by atoms with Gasteiger partial charge >= 0.3 is 0 Å². The Morgan fingerprint density at radius 2 is 1.95 bits per heavy atom. The van der Waals surface area contributed by atoms with Crippen LogP contribution in [0.2, 0.25) is 0 Å². The monoisotopic (exact) mass is 306 g/mol. The molecule has 22 heavy (non-hydrogen) atoms. The minimum absolute atomic E-state index is 0.156. The summed E-state index contributed by atoms with van der Waals surface area (Å²) >= 11 is 0. The summed E-state index contributed by atoms with van der Waals surface area (Å²) in [5.74, 6) is -0.342. The van der Waals surface area contributed by atoms with Gasteiger partial charge in [-0.3, -0.25) is 14.6 Å². The van der Waals surface area contributed by atoms with Crippen molar-refractivity contribution in [3.05, 3.63) is 29.6 Å². The number of unbranched alkanes of at least 4 members (excludes halogenated alkanes) is 1. The Morgan fingerprint density at radius 1 is 1.23 bits per heavy atom. The van der Waals surface area contributed by atoms with Crippen LogP contribution >= 0.6 is 0 Å². The molecular weight excluding hydrogens is 280 g/mol. The summed E-state index contributed by atoms with van der Waals surface area (Å²) in [7, 11) is 5.65. The molecule has 0 bridgehead atoms. The highest BCUT2D eigenvalue weighted by Crippen LogP contribution is 2.06. The van der Waals surface area contributed by atoms with Gasteiger partial charge in [-0.1, -0.05) is 13.3 Å². The summed E-state index contributed by atoms with van der Waals surface area (Å²) in [5.41, 5.74) is 0.764. The van der Waals surface area contributed by atoms with Crippen LogP contribution in [0.5, 0.6) is 0 Å². The maximum Gasteiger partial charge on any atom is 0.272 e. The number of rotatable bonds is 8. The molecule has 0 aromatic carbocycles. The second-order valence-electron chi connectivity index (χ2n) is 5.57. The van der Waals surface area contributed by atoms with Gasteiger partial charge in [-0.2, -0.15) is 0 Å². The molecule has 0 saturated heterocycles. The SMILES string of the molecule is CCCCN(C)C(=O)c1cc(C(=O)NCCN(C)C)ccn1. The van der Waals surface area contributed by atoms with Gasteiger partial charge < -0.3 is 15.1 Å². The van der Waals surface area contributed by atoms with Crippen LogP contribution in [0.4, 0.5) is 0 Å². The zero-order valence-corrected chi connectivity index (χ0v) is 13.9. The second-order valence-corrected chi connectivity index (χ2v) is 5.57. The number of pyridine rings is 1. The fourth-order valence-electron chi connectivity index (χ4n) is 1.88. The van der Waals surface area contributed by atoms with Gasteiger partial charge in [0.05, 0.1) is 0 Å². The van der Waals surface area contributed by atoms with Crippen LogP contribution in [0.1, 0.15) is 40.6 Å². The third-order valence-corrected chi connectivity index (χ3v) is 3.28. The minimum atomic E-state index is -0.186. The first kappa shape index (κ1) is 18.1. The van der Waals surface area contributed by atoms with Crippen LogP contribution in [0.15, 0.2) is 18.3 Å². The van der Waals surface area contributed by atoms with Gasteiger partial charge in [-0.25, -0.2) is 0 Å². The number of nitrogens with zero attached hydrogens (tertiary/aromatic N) is 3. The molecule has 2 amide bonds. The molecule has 0 saturated carbocycles. The summed E-state index contributed by atoms with van der Waals surface area (Å²) in [6.07, 6.45) is 3.48. The Morgan fingerprint density at radius 3 is 2.59 bits per heavy atom. The number of carbonyl (C=O) groups excluding carboxylic acids is 2. The first-order valence-electron chi connectivity index (χ1n) is 7.60. The van der Waals surface area contributed by atoms with Crippen molar-refractivity contribution < 1.29 is 9.59 Å². The molecule has 6 nitrogen and oxygen atoms in total. The van der Waals surface area contributed by atoms with E-state index in [0.717, 1.165) is 19.4 Å². The number of amides is 2. The summed E-state index contributed by atoms with van der Waals surface area (Å²) in [4.78, 5) is 32.0. The van der Waals surface area contributed by atoms with Crippen molar-refractivity contribution in [2.75, 3.05) is 40.8 Å². The quantitative estimate of drug-likeness (QED) is 0.785. The smallest absolute Gasteiger partial charge is 0.272 e. The Labute approximate surface area is 132 Å². The Balaban J connectivity index is 2.68. The van der Waals surface area contributed by atoms with Crippen LogP contribution in [-0.2, 0) is 0 Å². The van der Waals surface area contributed by atoms with E-state index >= 15 is 0 Å². The fraction of sp³-hybridized carbons (Fsp3) is 0.562. The van der Waals surface area contributed by atoms with E-state index in [9.17, 15) is 9.59 Å². The van der Waals surface area contributed by atoms with Gasteiger partial charge in [0.15, 0.2) is 0 Å². The maximum absolute atomic E-state index is 12.3. The molecule has 122 valence electrons. The molecule has 0 aliphatic rings. The van der Waals surface area contributed by atoms with Crippen LogP contribution in [0, 0.1) is 0 Å². The first-order valence-corrected chi connectivity index (χ1v) is 7.60. The van der Waals surface area contributed by atoms with Gasteiger partial charge in [-0.05, 0) is 32.6 Å². The highest BCUT2D eigenvalue weighted by molar-refractivity contribution is 5.98. The molecular formula is C16H26N4O2. The van der Waals surface area contributed by atoms with E-state index in [-0.39, 0.29) is 11.8 Å². The summed E-state index contributed by atoms with van der Waals surface area (Å²) in [5, 5.41) is 2.83. The number of hydrogen-bond acceptors (Lipinski definition) is 4. The lowest BCUT2D eigenvalue weighted by atomic mass is 10.2. The molecule has 1 aromatic heterocycles. The van der Waals surface area contributed by atoms with Crippen LogP contribution in [-0.4, -0.2) is 67.4 Å². The van der Waals surface area contributed by atoms with E-state index in [1.54, 1.807) is 24.1 Å². The lowest BCUT2D eigenvalue weighted by Crippen LogP contribution is -2.32. The molecule has 0 spiro atoms. The normalized spacial score (nSPS) is 10.6. The zero-order valence-electron chi connectivity index (χ0n) is 13.9. The maximum atomic E-state index is 12.3. The van der Waals surface area contributed by atoms with E-state index in [0.29, 0.717) is 24.3 Å². The molecule has 1 rings (SSSR count). The molecule has 1 heterocycles. The van der Waals surface area contributed by atoms with E-state index in [4.69, 9.17) is 0 Å². The fourth-order valence-corrected chi connectivity index (χ4v) is 1.88. The first-order chi connectivity index (χ1) is 10.5. The molecule has 6 heteroatoms. The number of aromatic nitrogens is 1. The van der Waals surface area contributed by atoms with Crippen molar-refractivity contribution in [2.24, 2.45) is 0 Å². The largest absolute Gasteiger partial charge is 0.351 e. The number of likely N-dealkylation sites (N-methyl/N-ethyl adjacent to an activating group) is 1. The van der Waals surface area contributed by atoms with Gasteiger partial charge in [0, 0.05) is 38.4 Å². The Kier molecular flexibility index (Phi) is 7.52. The molecule has 0 unspecified atom stereocenters. The van der Waals surface area contributed by atoms with Crippen LogP contribution in [0.25, 0.3) is 0 Å². The van der Waals surface area contributed by atoms with E-state index in [1.807, 2.05) is 19.0 Å². The zero-order chi connectivity index (χ0) is 16.5. The predicted octanol–water partition coefficient (Wildman–Crippen LogP) is 1.25. The molecule has 1 N–H and O–H groups in total. The summed E-state index contributed by atoms with van der Waals surface area (Å²) < 4.78 is 0. The average Bonchev–Trinajstić information content (AvgIpc) is 2.51. The van der Waals surface area contributed by atoms with Gasteiger partial charge in [0.2, 0.25) is 0 Å². The Hall–Kier alpha value is -1.95. The highest BCUT2D eigenvalue weighted by Gasteiger charge is 2.15. The predicted molar refractivity (Wildman–Crippen MR) is 87.0 cm³/mol. The van der Waals surface area contributed by atoms with Crippen molar-refractivity contribution in [2.45, 2.75) is 19.8 Å². The molecule has 1 aromatic rings. The molecule has 0 aliphatic carbocycles. The van der Waals surface area contributed by atoms with Crippen molar-refractivity contribution in [3.8, 4) is 0 Å². The molecule has 0 radical (unpaired) electrons. The van der Waals surface area contributed by atoms with Gasteiger partial charge in [0.1, 0.15) is 5.69 Å². The van der Waals surface area contributed by atoms with Gasteiger partial charge in [0.25, 0.3) is 11.8 Å². The van der Waals surface area contributed by atoms with Crippen molar-refractivity contribution in [3.63, 3.8) is 0 Å². The molecule has 0 fully saturated rings. The summed E-state index contributed by atoms with van der Waals surface area (Å²) in [6.45, 7) is 4.10. The third kappa shape index (κ3) is 5.81. The van der Waals surface area contributed by atoms with E-state index in [2.05, 4.69) is 17.2 Å². The third-order valence-electron chi connectivity index (χ3n) is 3.28. The van der Waals surface area contributed by atoms with Crippen molar-refractivity contribution >= 4 is 11.8 Å². The average molecular weight is 306 g/mol. The lowest BCUT2D eigenvalue weighted by Gasteiger charge is -2.16. The summed E-state index contributed by atoms with van der Waals surface area (Å²) in [6, 6.07) is 3.17. The van der Waals surface area contributed by atoms with Crippen molar-refractivity contribution in [1.29, 1.82) is 0 Å². The Bertz CT molecular complexity index is 503. The van der Waals surface area contributed by atoms with E-state index < -0.39 is 0 Å². The molecule has 0 aliphatic heterocycles. The van der Waals surface area contributed by atoms with E-state index in [1.165, 1.54) is 6.20 Å². The van der Waals surface area contributed by atoms with Crippen molar-refractivity contribution in [1.82, 2.24) is 20.1 Å². The standard InChI is InChI=1S/C16H26N4O2/c1-5-6-10-20(4)16(22)14-12-13(7-8-17-14)15(21)18-9-11-19(2)3/h7-8,12H,5-6,9-11H2,1-4H3,(H,18,21). The number of carbonyl (C=O) groups is 2. The van der Waals surface area contributed by atoms with Crippen LogP contribution < -0.4 is 5.32 Å². The van der Waals surface area contributed by atoms with Gasteiger partial charge in [-0.15, -0.1) is 0 Å². The molecule has 0 atom stereocenters. The second kappa shape index (κ2) is 9.15. The number of nitrogens with one attached hydrogen (secondary N) is 1. The topological polar surface area (TPSA) is 65.5 Å². The lowest BCUT2D eigenvalue weighted by molar-refractivity contribution is 0.0787.